The van der Waals surface area contributed by atoms with Crippen LogP contribution in [0.15, 0.2) is 60.8 Å². The van der Waals surface area contributed by atoms with E-state index in [1.807, 2.05) is 12.2 Å². The molecule has 3 fully saturated rings. The lowest BCUT2D eigenvalue weighted by Gasteiger charge is -2.49. The molecule has 580 valence electrons. The van der Waals surface area contributed by atoms with Crippen molar-refractivity contribution in [2.75, 3.05) is 26.4 Å². The number of hydrogen-bond acceptors (Lipinski definition) is 23. The minimum Gasteiger partial charge on any atom is -0.463 e. The molecule has 11 N–H and O–H groups in total. The fraction of sp³-hybridized carbons (Fsp3) is 0.827. The Morgan fingerprint density at radius 1 is 0.410 bits per heavy atom. The Kier molecular flexibility index (Phi) is 50.9. The molecular weight excluding hydrogens is 1320 g/mol. The van der Waals surface area contributed by atoms with Gasteiger partial charge in [-0.05, 0) is 57.8 Å². The number of carbonyl (C=O) groups excluding carboxylic acids is 3. The Labute approximate surface area is 596 Å². The van der Waals surface area contributed by atoms with Gasteiger partial charge in [0, 0.05) is 18.6 Å². The van der Waals surface area contributed by atoms with E-state index in [0.717, 1.165) is 115 Å². The molecule has 18 unspecified atom stereocenters. The second-order valence-electron chi connectivity index (χ2n) is 27.1. The molecule has 3 rings (SSSR count). The summed E-state index contributed by atoms with van der Waals surface area (Å²) in [5.74, 6) is -2.51. The maximum atomic E-state index is 14.3. The number of esters is 3. The van der Waals surface area contributed by atoms with Gasteiger partial charge in [0.2, 0.25) is 0 Å². The first-order valence-corrected chi connectivity index (χ1v) is 39.6. The minimum atomic E-state index is -5.75. The van der Waals surface area contributed by atoms with Crippen molar-refractivity contribution in [3.63, 3.8) is 0 Å². The molecule has 2 heterocycles. The van der Waals surface area contributed by atoms with Crippen LogP contribution >= 0.6 is 7.82 Å². The van der Waals surface area contributed by atoms with Crippen LogP contribution in [0.3, 0.4) is 0 Å². The molecule has 2 saturated heterocycles. The molecule has 0 aromatic rings. The zero-order valence-electron chi connectivity index (χ0n) is 60.5. The fourth-order valence-corrected chi connectivity index (χ4v) is 13.2. The lowest BCUT2D eigenvalue weighted by Crippen LogP contribution is -2.69. The van der Waals surface area contributed by atoms with Crippen LogP contribution in [-0.4, -0.2) is 204 Å². The average molecular weight is 1450 g/mol. The van der Waals surface area contributed by atoms with Gasteiger partial charge in [-0.15, -0.1) is 0 Å². The summed E-state index contributed by atoms with van der Waals surface area (Å²) >= 11 is 0. The zero-order chi connectivity index (χ0) is 73.2. The van der Waals surface area contributed by atoms with Crippen LogP contribution < -0.4 is 0 Å². The normalized spacial score (nSPS) is 27.7. The molecule has 18 atom stereocenters. The van der Waals surface area contributed by atoms with Crippen molar-refractivity contribution in [3.05, 3.63) is 60.8 Å². The van der Waals surface area contributed by atoms with Gasteiger partial charge < -0.3 is 89.1 Å². The first-order chi connectivity index (χ1) is 48.3. The van der Waals surface area contributed by atoms with E-state index in [2.05, 4.69) is 32.9 Å². The fourth-order valence-electron chi connectivity index (χ4n) is 12.2. The smallest absolute Gasteiger partial charge is 0.463 e. The van der Waals surface area contributed by atoms with E-state index in [4.69, 9.17) is 42.2 Å². The molecule has 1 saturated carbocycles. The third-order valence-electron chi connectivity index (χ3n) is 18.5. The third kappa shape index (κ3) is 38.6. The topological polar surface area (TPSA) is 374 Å². The summed E-state index contributed by atoms with van der Waals surface area (Å²) in [7, 11) is -5.75. The van der Waals surface area contributed by atoms with Gasteiger partial charge in [0.15, 0.2) is 18.7 Å². The molecule has 0 aromatic carbocycles. The van der Waals surface area contributed by atoms with Gasteiger partial charge in [0.25, 0.3) is 0 Å². The molecule has 0 aromatic heterocycles. The Hall–Kier alpha value is -3.34. The zero-order valence-corrected chi connectivity index (χ0v) is 61.4. The van der Waals surface area contributed by atoms with Crippen molar-refractivity contribution in [2.45, 2.75) is 369 Å². The van der Waals surface area contributed by atoms with Crippen molar-refractivity contribution in [2.24, 2.45) is 0 Å². The van der Waals surface area contributed by atoms with Crippen molar-refractivity contribution in [1.29, 1.82) is 0 Å². The van der Waals surface area contributed by atoms with Crippen molar-refractivity contribution >= 4 is 25.7 Å². The van der Waals surface area contributed by atoms with Crippen molar-refractivity contribution < 1.29 is 117 Å². The van der Waals surface area contributed by atoms with Crippen LogP contribution in [0, 0.1) is 0 Å². The standard InChI is InChI=1S/C75H131O24P/c1-4-7-10-13-16-19-22-25-28-31-34-37-40-43-46-49-59(77)91-53-56(94-61(79)51-48-45-42-39-36-33-30-27-24-21-18-15-12-9-6-3)54-93-100(89,90)99-73-71(97-74-69(87)64(82)62(80)57(52-76)95-74)67(85)66(84)68(86)72(73)98-75-70(88)65(83)63(81)58(96-75)55-92-60(78)50-47-44-41-38-35-32-29-26-23-20-17-14-11-8-5-2/h20,23,40,42-43,45-46,48-49,51,56-58,62-76,80-88H,4-19,21-22,24-39,41,44,47,50,52-55H2,1-3H3,(H,89,90)/b23-20-,43-40+,45-42+,49-46+,51-48+. The number of phosphoric acid groups is 1. The maximum Gasteiger partial charge on any atom is 0.472 e. The summed E-state index contributed by atoms with van der Waals surface area (Å²) in [4.78, 5) is 50.7. The van der Waals surface area contributed by atoms with Crippen LogP contribution in [0.25, 0.3) is 0 Å². The number of phosphoric ester groups is 1. The van der Waals surface area contributed by atoms with Gasteiger partial charge in [-0.3, -0.25) is 13.8 Å². The largest absolute Gasteiger partial charge is 0.472 e. The van der Waals surface area contributed by atoms with Gasteiger partial charge in [-0.1, -0.05) is 249 Å². The highest BCUT2D eigenvalue weighted by Gasteiger charge is 2.58. The summed E-state index contributed by atoms with van der Waals surface area (Å²) in [5, 5.41) is 110. The summed E-state index contributed by atoms with van der Waals surface area (Å²) < 4.78 is 64.6. The molecule has 3 aliphatic rings. The molecule has 2 aliphatic heterocycles. The first-order valence-electron chi connectivity index (χ1n) is 38.2. The molecule has 1 aliphatic carbocycles. The monoisotopic (exact) mass is 1450 g/mol. The molecule has 100 heavy (non-hydrogen) atoms. The number of carbonyl (C=O) groups is 3. The second-order valence-corrected chi connectivity index (χ2v) is 28.6. The predicted octanol–water partition coefficient (Wildman–Crippen LogP) is 10.6. The number of rotatable bonds is 58. The molecular formula is C75H131O24P. The Balaban J connectivity index is 1.77. The van der Waals surface area contributed by atoms with E-state index in [1.165, 1.54) is 141 Å². The van der Waals surface area contributed by atoms with Crippen molar-refractivity contribution in [3.8, 4) is 0 Å². The van der Waals surface area contributed by atoms with E-state index >= 15 is 0 Å². The number of aliphatic hydroxyl groups is 10. The third-order valence-corrected chi connectivity index (χ3v) is 19.4. The number of hydrogen-bond donors (Lipinski definition) is 11. The Bertz CT molecular complexity index is 2300. The van der Waals surface area contributed by atoms with E-state index in [-0.39, 0.29) is 6.42 Å². The van der Waals surface area contributed by atoms with E-state index < -0.39 is 156 Å². The first kappa shape index (κ1) is 90.9. The van der Waals surface area contributed by atoms with E-state index in [0.29, 0.717) is 6.42 Å². The van der Waals surface area contributed by atoms with Gasteiger partial charge in [-0.25, -0.2) is 14.2 Å². The molecule has 0 spiro atoms. The molecule has 0 bridgehead atoms. The van der Waals surface area contributed by atoms with Gasteiger partial charge in [-0.2, -0.15) is 0 Å². The lowest BCUT2D eigenvalue weighted by atomic mass is 9.84. The summed E-state index contributed by atoms with van der Waals surface area (Å²) in [6.07, 6.45) is 22.7. The van der Waals surface area contributed by atoms with Gasteiger partial charge in [0.05, 0.1) is 13.2 Å². The number of ether oxygens (including phenoxy) is 7. The summed E-state index contributed by atoms with van der Waals surface area (Å²) in [5.41, 5.74) is 0. The van der Waals surface area contributed by atoms with Crippen LogP contribution in [-0.2, 0) is 61.2 Å². The van der Waals surface area contributed by atoms with Crippen LogP contribution in [0.5, 0.6) is 0 Å². The SMILES string of the molecule is CCCCCC/C=C\CCCCCCCCCC(=O)OCC1OC(OC2C(O)C(O)C(O)C(OC3OC(CO)C(O)C(O)C3O)C2OP(=O)(O)OCC(COC(=O)/C=C/C=C/CCCCCCCCCCCCC)OC(=O)/C=C/C=C/CCCCCCCCCCCCC)C(O)C(O)C1O. The van der Waals surface area contributed by atoms with Gasteiger partial charge in [0.1, 0.15) is 98.7 Å². The van der Waals surface area contributed by atoms with E-state index in [1.54, 1.807) is 12.2 Å². The predicted molar refractivity (Wildman–Crippen MR) is 379 cm³/mol. The highest BCUT2D eigenvalue weighted by molar-refractivity contribution is 7.47. The van der Waals surface area contributed by atoms with Gasteiger partial charge >= 0.3 is 25.7 Å². The molecule has 0 amide bonds. The van der Waals surface area contributed by atoms with Crippen LogP contribution in [0.2, 0.25) is 0 Å². The molecule has 25 heteroatoms. The average Bonchev–Trinajstić information content (AvgIpc) is 0.762. The highest BCUT2D eigenvalue weighted by Crippen LogP contribution is 2.49. The summed E-state index contributed by atoms with van der Waals surface area (Å²) in [6.45, 7) is 3.20. The Morgan fingerprint density at radius 3 is 1.22 bits per heavy atom. The number of allylic oxidation sites excluding steroid dienone is 8. The van der Waals surface area contributed by atoms with E-state index in [9.17, 15) is 74.9 Å². The summed E-state index contributed by atoms with van der Waals surface area (Å²) in [6, 6.07) is 0. The second kappa shape index (κ2) is 56.1. The molecule has 0 radical (unpaired) electrons. The highest BCUT2D eigenvalue weighted by atomic mass is 31.2. The van der Waals surface area contributed by atoms with Crippen molar-refractivity contribution in [1.82, 2.24) is 0 Å². The lowest BCUT2D eigenvalue weighted by molar-refractivity contribution is -0.360. The number of unbranched alkanes of at least 4 members (excludes halogenated alkanes) is 33. The minimum absolute atomic E-state index is 0.0148. The molecule has 24 nitrogen and oxygen atoms in total. The van der Waals surface area contributed by atoms with Crippen LogP contribution in [0.4, 0.5) is 0 Å². The Morgan fingerprint density at radius 2 is 0.780 bits per heavy atom. The maximum absolute atomic E-state index is 14.3. The van der Waals surface area contributed by atoms with Crippen LogP contribution in [0.1, 0.15) is 265 Å². The number of aliphatic hydroxyl groups excluding tert-OH is 10. The quantitative estimate of drug-likeness (QED) is 0.00512.